The van der Waals surface area contributed by atoms with Gasteiger partial charge in [-0.15, -0.1) is 5.10 Å². The highest BCUT2D eigenvalue weighted by atomic mass is 16.5. The molecule has 1 aliphatic heterocycles. The number of rotatable bonds is 3. The van der Waals surface area contributed by atoms with Crippen LogP contribution in [0.3, 0.4) is 0 Å². The summed E-state index contributed by atoms with van der Waals surface area (Å²) >= 11 is 0. The van der Waals surface area contributed by atoms with Gasteiger partial charge in [0.25, 0.3) is 0 Å². The first-order valence-corrected chi connectivity index (χ1v) is 6.96. The lowest BCUT2D eigenvalue weighted by Crippen LogP contribution is -2.30. The van der Waals surface area contributed by atoms with Gasteiger partial charge in [0, 0.05) is 23.9 Å². The Balaban J connectivity index is 2.12. The number of aromatic nitrogens is 2. The molecule has 106 valence electrons. The van der Waals surface area contributed by atoms with Crippen LogP contribution in [0.2, 0.25) is 0 Å². The number of ether oxygens (including phenoxy) is 2. The SMILES string of the molecule is COc1cc2cnnc(N3CCCCC3)c2cc1OC. The van der Waals surface area contributed by atoms with E-state index in [9.17, 15) is 0 Å². The van der Waals surface area contributed by atoms with Crippen molar-refractivity contribution in [3.8, 4) is 11.5 Å². The van der Waals surface area contributed by atoms with Crippen LogP contribution in [0.1, 0.15) is 19.3 Å². The van der Waals surface area contributed by atoms with E-state index in [0.29, 0.717) is 0 Å². The molecule has 1 aliphatic rings. The number of piperidine rings is 1. The third kappa shape index (κ3) is 2.24. The zero-order valence-electron chi connectivity index (χ0n) is 11.9. The fraction of sp³-hybridized carbons (Fsp3) is 0.467. The van der Waals surface area contributed by atoms with E-state index < -0.39 is 0 Å². The Morgan fingerprint density at radius 2 is 1.70 bits per heavy atom. The van der Waals surface area contributed by atoms with E-state index in [-0.39, 0.29) is 0 Å². The van der Waals surface area contributed by atoms with E-state index in [0.717, 1.165) is 41.2 Å². The second-order valence-corrected chi connectivity index (χ2v) is 5.01. The molecule has 1 fully saturated rings. The van der Waals surface area contributed by atoms with Gasteiger partial charge < -0.3 is 14.4 Å². The first kappa shape index (κ1) is 13.0. The number of methoxy groups -OCH3 is 2. The van der Waals surface area contributed by atoms with E-state index >= 15 is 0 Å². The van der Waals surface area contributed by atoms with Gasteiger partial charge in [-0.2, -0.15) is 5.10 Å². The second-order valence-electron chi connectivity index (χ2n) is 5.01. The standard InChI is InChI=1S/C15H19N3O2/c1-19-13-8-11-10-16-17-15(12(11)9-14(13)20-2)18-6-4-3-5-7-18/h8-10H,3-7H2,1-2H3. The summed E-state index contributed by atoms with van der Waals surface area (Å²) < 4.78 is 10.7. The molecule has 0 spiro atoms. The van der Waals surface area contributed by atoms with Crippen molar-refractivity contribution in [2.75, 3.05) is 32.2 Å². The van der Waals surface area contributed by atoms with Gasteiger partial charge >= 0.3 is 0 Å². The predicted octanol–water partition coefficient (Wildman–Crippen LogP) is 2.64. The van der Waals surface area contributed by atoms with Gasteiger partial charge in [-0.25, -0.2) is 0 Å². The number of hydrogen-bond acceptors (Lipinski definition) is 5. The van der Waals surface area contributed by atoms with Gasteiger partial charge in [0.2, 0.25) is 0 Å². The molecule has 0 bridgehead atoms. The number of nitrogens with zero attached hydrogens (tertiary/aromatic N) is 3. The van der Waals surface area contributed by atoms with E-state index in [2.05, 4.69) is 15.1 Å². The van der Waals surface area contributed by atoms with Crippen LogP contribution in [-0.2, 0) is 0 Å². The average Bonchev–Trinajstić information content (AvgIpc) is 2.53. The molecule has 20 heavy (non-hydrogen) atoms. The largest absolute Gasteiger partial charge is 0.493 e. The minimum atomic E-state index is 0.720. The van der Waals surface area contributed by atoms with Crippen LogP contribution in [0, 0.1) is 0 Å². The molecule has 0 aliphatic carbocycles. The molecule has 2 heterocycles. The van der Waals surface area contributed by atoms with Crippen molar-refractivity contribution in [1.82, 2.24) is 10.2 Å². The molecule has 0 saturated carbocycles. The molecule has 0 N–H and O–H groups in total. The van der Waals surface area contributed by atoms with Gasteiger partial charge in [-0.3, -0.25) is 0 Å². The maximum Gasteiger partial charge on any atom is 0.161 e. The Hall–Kier alpha value is -2.04. The van der Waals surface area contributed by atoms with Gasteiger partial charge in [0.1, 0.15) is 0 Å². The molecule has 0 unspecified atom stereocenters. The summed E-state index contributed by atoms with van der Waals surface area (Å²) in [6.07, 6.45) is 5.49. The molecule has 1 aromatic carbocycles. The van der Waals surface area contributed by atoms with E-state index in [1.54, 1.807) is 20.4 Å². The van der Waals surface area contributed by atoms with E-state index in [4.69, 9.17) is 9.47 Å². The summed E-state index contributed by atoms with van der Waals surface area (Å²) in [5, 5.41) is 10.6. The topological polar surface area (TPSA) is 47.5 Å². The first-order valence-electron chi connectivity index (χ1n) is 6.96. The summed E-state index contributed by atoms with van der Waals surface area (Å²) in [5.41, 5.74) is 0. The molecule has 0 atom stereocenters. The predicted molar refractivity (Wildman–Crippen MR) is 78.7 cm³/mol. The summed E-state index contributed by atoms with van der Waals surface area (Å²) in [6.45, 7) is 2.09. The molecular weight excluding hydrogens is 254 g/mol. The third-order valence-corrected chi connectivity index (χ3v) is 3.80. The normalized spacial score (nSPS) is 15.4. The van der Waals surface area contributed by atoms with Crippen molar-refractivity contribution in [2.24, 2.45) is 0 Å². The van der Waals surface area contributed by atoms with Gasteiger partial charge in [-0.1, -0.05) is 0 Å². The lowest BCUT2D eigenvalue weighted by atomic mass is 10.1. The van der Waals surface area contributed by atoms with Gasteiger partial charge in [-0.05, 0) is 31.4 Å². The summed E-state index contributed by atoms with van der Waals surface area (Å²) in [7, 11) is 3.29. The summed E-state index contributed by atoms with van der Waals surface area (Å²) in [6, 6.07) is 3.95. The summed E-state index contributed by atoms with van der Waals surface area (Å²) in [4.78, 5) is 2.31. The fourth-order valence-corrected chi connectivity index (χ4v) is 2.73. The number of anilines is 1. The van der Waals surface area contributed by atoms with Crippen molar-refractivity contribution in [3.05, 3.63) is 18.3 Å². The third-order valence-electron chi connectivity index (χ3n) is 3.80. The van der Waals surface area contributed by atoms with Crippen molar-refractivity contribution in [2.45, 2.75) is 19.3 Å². The van der Waals surface area contributed by atoms with Crippen molar-refractivity contribution in [3.63, 3.8) is 0 Å². The zero-order valence-corrected chi connectivity index (χ0v) is 11.9. The molecule has 1 saturated heterocycles. The Kier molecular flexibility index (Phi) is 3.58. The highest BCUT2D eigenvalue weighted by Crippen LogP contribution is 2.35. The molecular formula is C15H19N3O2. The van der Waals surface area contributed by atoms with Gasteiger partial charge in [0.05, 0.1) is 20.4 Å². The number of hydrogen-bond donors (Lipinski definition) is 0. The second kappa shape index (κ2) is 5.53. The molecule has 0 amide bonds. The fourth-order valence-electron chi connectivity index (χ4n) is 2.73. The molecule has 2 aromatic rings. The van der Waals surface area contributed by atoms with Crippen LogP contribution >= 0.6 is 0 Å². The van der Waals surface area contributed by atoms with Crippen LogP contribution in [-0.4, -0.2) is 37.5 Å². The highest BCUT2D eigenvalue weighted by Gasteiger charge is 2.17. The Morgan fingerprint density at radius 1 is 1.00 bits per heavy atom. The van der Waals surface area contributed by atoms with Crippen LogP contribution in [0.25, 0.3) is 10.8 Å². The average molecular weight is 273 g/mol. The van der Waals surface area contributed by atoms with Crippen molar-refractivity contribution in [1.29, 1.82) is 0 Å². The number of benzene rings is 1. The van der Waals surface area contributed by atoms with Crippen LogP contribution in [0.4, 0.5) is 5.82 Å². The summed E-state index contributed by atoms with van der Waals surface area (Å²) in [5.74, 6) is 2.40. The molecule has 3 rings (SSSR count). The minimum absolute atomic E-state index is 0.720. The Bertz CT molecular complexity index is 609. The van der Waals surface area contributed by atoms with Crippen molar-refractivity contribution >= 4 is 16.6 Å². The smallest absolute Gasteiger partial charge is 0.161 e. The van der Waals surface area contributed by atoms with Gasteiger partial charge in [0.15, 0.2) is 17.3 Å². The monoisotopic (exact) mass is 273 g/mol. The molecule has 5 heteroatoms. The van der Waals surface area contributed by atoms with Crippen LogP contribution in [0.15, 0.2) is 18.3 Å². The number of fused-ring (bicyclic) bond motifs is 1. The zero-order chi connectivity index (χ0) is 13.9. The van der Waals surface area contributed by atoms with Crippen LogP contribution < -0.4 is 14.4 Å². The van der Waals surface area contributed by atoms with E-state index in [1.165, 1.54) is 19.3 Å². The highest BCUT2D eigenvalue weighted by molar-refractivity contribution is 5.94. The van der Waals surface area contributed by atoms with E-state index in [1.807, 2.05) is 12.1 Å². The first-order chi connectivity index (χ1) is 9.83. The quantitative estimate of drug-likeness (QED) is 0.860. The maximum absolute atomic E-state index is 5.39. The molecule has 1 aromatic heterocycles. The lowest BCUT2D eigenvalue weighted by molar-refractivity contribution is 0.356. The Labute approximate surface area is 118 Å². The van der Waals surface area contributed by atoms with Crippen LogP contribution in [0.5, 0.6) is 11.5 Å². The minimum Gasteiger partial charge on any atom is -0.493 e. The molecule has 0 radical (unpaired) electrons. The molecule has 5 nitrogen and oxygen atoms in total. The van der Waals surface area contributed by atoms with Crippen molar-refractivity contribution < 1.29 is 9.47 Å². The Morgan fingerprint density at radius 3 is 2.40 bits per heavy atom. The maximum atomic E-state index is 5.39. The lowest BCUT2D eigenvalue weighted by Gasteiger charge is -2.28.